The summed E-state index contributed by atoms with van der Waals surface area (Å²) >= 11 is 0. The van der Waals surface area contributed by atoms with Crippen LogP contribution in [0.15, 0.2) is 6.20 Å². The van der Waals surface area contributed by atoms with Crippen molar-refractivity contribution in [2.75, 3.05) is 7.05 Å². The minimum atomic E-state index is -1.02. The Balaban J connectivity index is 2.71. The summed E-state index contributed by atoms with van der Waals surface area (Å²) in [5.74, 6) is -0.775. The molecule has 1 aromatic rings. The standard InChI is InChI=1S/C12H20N4O3/c1-8(2)5-9(3)15(4)12(19)10-6-16(14-13-10)7-11(17)18/h6,8-9H,5,7H2,1-4H3,(H,17,18). The van der Waals surface area contributed by atoms with Crippen molar-refractivity contribution >= 4 is 11.9 Å². The molecular formula is C12H20N4O3. The fourth-order valence-corrected chi connectivity index (χ4v) is 1.83. The second-order valence-electron chi connectivity index (χ2n) is 5.09. The Labute approximate surface area is 112 Å². The highest BCUT2D eigenvalue weighted by atomic mass is 16.4. The SMILES string of the molecule is CC(C)CC(C)N(C)C(=O)c1cn(CC(=O)O)nn1. The summed E-state index contributed by atoms with van der Waals surface area (Å²) < 4.78 is 1.14. The summed E-state index contributed by atoms with van der Waals surface area (Å²) in [7, 11) is 1.71. The lowest BCUT2D eigenvalue weighted by atomic mass is 10.0. The van der Waals surface area contributed by atoms with Gasteiger partial charge in [-0.3, -0.25) is 9.59 Å². The average molecular weight is 268 g/mol. The normalized spacial score (nSPS) is 12.5. The van der Waals surface area contributed by atoms with Crippen molar-refractivity contribution < 1.29 is 14.7 Å². The number of rotatable bonds is 6. The van der Waals surface area contributed by atoms with Crippen LogP contribution < -0.4 is 0 Å². The molecule has 0 fully saturated rings. The van der Waals surface area contributed by atoms with E-state index in [1.54, 1.807) is 11.9 Å². The number of aliphatic carboxylic acids is 1. The molecule has 0 aliphatic carbocycles. The number of carbonyl (C=O) groups is 2. The number of hydrogen-bond acceptors (Lipinski definition) is 4. The molecule has 0 radical (unpaired) electrons. The molecular weight excluding hydrogens is 248 g/mol. The molecule has 1 N–H and O–H groups in total. The molecule has 0 saturated heterocycles. The predicted molar refractivity (Wildman–Crippen MR) is 68.7 cm³/mol. The zero-order valence-corrected chi connectivity index (χ0v) is 11.7. The van der Waals surface area contributed by atoms with Gasteiger partial charge in [-0.25, -0.2) is 4.68 Å². The van der Waals surface area contributed by atoms with Gasteiger partial charge in [-0.15, -0.1) is 5.10 Å². The van der Waals surface area contributed by atoms with E-state index in [2.05, 4.69) is 24.2 Å². The maximum atomic E-state index is 12.1. The Morgan fingerprint density at radius 2 is 2.05 bits per heavy atom. The van der Waals surface area contributed by atoms with Crippen LogP contribution in [0.3, 0.4) is 0 Å². The van der Waals surface area contributed by atoms with E-state index in [1.165, 1.54) is 6.20 Å². The van der Waals surface area contributed by atoms with Crippen molar-refractivity contribution in [1.82, 2.24) is 19.9 Å². The lowest BCUT2D eigenvalue weighted by Crippen LogP contribution is -2.36. The summed E-state index contributed by atoms with van der Waals surface area (Å²) in [5.41, 5.74) is 0.166. The van der Waals surface area contributed by atoms with E-state index in [9.17, 15) is 9.59 Å². The summed E-state index contributed by atoms with van der Waals surface area (Å²) in [5, 5.41) is 16.0. The number of carboxylic acids is 1. The van der Waals surface area contributed by atoms with Crippen molar-refractivity contribution in [2.24, 2.45) is 5.92 Å². The van der Waals surface area contributed by atoms with Gasteiger partial charge in [0.1, 0.15) is 6.54 Å². The molecule has 1 unspecified atom stereocenters. The van der Waals surface area contributed by atoms with Crippen LogP contribution in [0.5, 0.6) is 0 Å². The van der Waals surface area contributed by atoms with Crippen molar-refractivity contribution in [2.45, 2.75) is 39.8 Å². The van der Waals surface area contributed by atoms with Gasteiger partial charge < -0.3 is 10.0 Å². The van der Waals surface area contributed by atoms with Crippen molar-refractivity contribution in [1.29, 1.82) is 0 Å². The molecule has 1 atom stereocenters. The largest absolute Gasteiger partial charge is 0.480 e. The van der Waals surface area contributed by atoms with Gasteiger partial charge >= 0.3 is 5.97 Å². The third-order valence-corrected chi connectivity index (χ3v) is 2.85. The average Bonchev–Trinajstić information content (AvgIpc) is 2.73. The number of carbonyl (C=O) groups excluding carboxylic acids is 1. The molecule has 0 aliphatic heterocycles. The first-order valence-corrected chi connectivity index (χ1v) is 6.20. The van der Waals surface area contributed by atoms with Crippen LogP contribution in [0.4, 0.5) is 0 Å². The first-order valence-electron chi connectivity index (χ1n) is 6.20. The topological polar surface area (TPSA) is 88.3 Å². The molecule has 0 saturated carbocycles. The van der Waals surface area contributed by atoms with Gasteiger partial charge in [0.2, 0.25) is 0 Å². The zero-order chi connectivity index (χ0) is 14.6. The van der Waals surface area contributed by atoms with E-state index in [-0.39, 0.29) is 24.2 Å². The lowest BCUT2D eigenvalue weighted by molar-refractivity contribution is -0.137. The Bertz CT molecular complexity index is 456. The van der Waals surface area contributed by atoms with Gasteiger partial charge in [-0.05, 0) is 19.3 Å². The highest BCUT2D eigenvalue weighted by molar-refractivity contribution is 5.92. The van der Waals surface area contributed by atoms with E-state index in [4.69, 9.17) is 5.11 Å². The van der Waals surface area contributed by atoms with E-state index >= 15 is 0 Å². The molecule has 19 heavy (non-hydrogen) atoms. The van der Waals surface area contributed by atoms with E-state index < -0.39 is 5.97 Å². The molecule has 0 bridgehead atoms. The number of amides is 1. The van der Waals surface area contributed by atoms with Gasteiger partial charge in [0.05, 0.1) is 6.20 Å². The molecule has 1 heterocycles. The summed E-state index contributed by atoms with van der Waals surface area (Å²) in [6, 6.07) is 0.0946. The third kappa shape index (κ3) is 4.35. The van der Waals surface area contributed by atoms with Gasteiger partial charge in [0.25, 0.3) is 5.91 Å². The summed E-state index contributed by atoms with van der Waals surface area (Å²) in [6.07, 6.45) is 2.25. The van der Waals surface area contributed by atoms with E-state index in [0.717, 1.165) is 11.1 Å². The fourth-order valence-electron chi connectivity index (χ4n) is 1.83. The Kier molecular flexibility index (Phi) is 5.02. The molecule has 7 heteroatoms. The van der Waals surface area contributed by atoms with Crippen LogP contribution >= 0.6 is 0 Å². The van der Waals surface area contributed by atoms with Gasteiger partial charge in [-0.2, -0.15) is 0 Å². The molecule has 1 rings (SSSR count). The predicted octanol–water partition coefficient (Wildman–Crippen LogP) is 0.869. The van der Waals surface area contributed by atoms with Gasteiger partial charge in [-0.1, -0.05) is 19.1 Å². The fraction of sp³-hybridized carbons (Fsp3) is 0.667. The highest BCUT2D eigenvalue weighted by Gasteiger charge is 2.21. The molecule has 0 aromatic carbocycles. The van der Waals surface area contributed by atoms with Crippen LogP contribution in [0.2, 0.25) is 0 Å². The van der Waals surface area contributed by atoms with Crippen LogP contribution in [0.25, 0.3) is 0 Å². The van der Waals surface area contributed by atoms with Crippen molar-refractivity contribution in [3.63, 3.8) is 0 Å². The zero-order valence-electron chi connectivity index (χ0n) is 11.7. The Morgan fingerprint density at radius 1 is 1.42 bits per heavy atom. The minimum Gasteiger partial charge on any atom is -0.480 e. The van der Waals surface area contributed by atoms with Gasteiger partial charge in [0.15, 0.2) is 5.69 Å². The van der Waals surface area contributed by atoms with Crippen LogP contribution in [0.1, 0.15) is 37.7 Å². The van der Waals surface area contributed by atoms with Crippen LogP contribution in [0, 0.1) is 5.92 Å². The molecule has 7 nitrogen and oxygen atoms in total. The first kappa shape index (κ1) is 15.1. The maximum Gasteiger partial charge on any atom is 0.325 e. The number of carboxylic acid groups (broad SMARTS) is 1. The maximum absolute atomic E-state index is 12.1. The van der Waals surface area contributed by atoms with Crippen molar-refractivity contribution in [3.8, 4) is 0 Å². The Morgan fingerprint density at radius 3 is 2.58 bits per heavy atom. The molecule has 0 aliphatic rings. The monoisotopic (exact) mass is 268 g/mol. The number of nitrogens with zero attached hydrogens (tertiary/aromatic N) is 4. The highest BCUT2D eigenvalue weighted by Crippen LogP contribution is 2.11. The smallest absolute Gasteiger partial charge is 0.325 e. The molecule has 1 amide bonds. The molecule has 0 spiro atoms. The molecule has 106 valence electrons. The van der Waals surface area contributed by atoms with Crippen molar-refractivity contribution in [3.05, 3.63) is 11.9 Å². The number of aromatic nitrogens is 3. The van der Waals surface area contributed by atoms with E-state index in [1.807, 2.05) is 6.92 Å². The van der Waals surface area contributed by atoms with Gasteiger partial charge in [0, 0.05) is 13.1 Å². The molecule has 1 aromatic heterocycles. The number of hydrogen-bond donors (Lipinski definition) is 1. The first-order chi connectivity index (χ1) is 8.81. The second-order valence-corrected chi connectivity index (χ2v) is 5.09. The lowest BCUT2D eigenvalue weighted by Gasteiger charge is -2.25. The van der Waals surface area contributed by atoms with E-state index in [0.29, 0.717) is 5.92 Å². The quantitative estimate of drug-likeness (QED) is 0.827. The van der Waals surface area contributed by atoms with Crippen LogP contribution in [-0.4, -0.2) is 50.0 Å². The Hall–Kier alpha value is -1.92. The summed E-state index contributed by atoms with van der Waals surface area (Å²) in [6.45, 7) is 5.86. The third-order valence-electron chi connectivity index (χ3n) is 2.85. The summed E-state index contributed by atoms with van der Waals surface area (Å²) in [4.78, 5) is 24.3. The van der Waals surface area contributed by atoms with Crippen LogP contribution in [-0.2, 0) is 11.3 Å². The minimum absolute atomic E-state index is 0.0946. The second kappa shape index (κ2) is 6.31.